The Morgan fingerprint density at radius 3 is 2.22 bits per heavy atom. The third-order valence-corrected chi connectivity index (χ3v) is 5.79. The van der Waals surface area contributed by atoms with Crippen molar-refractivity contribution >= 4 is 17.3 Å². The molecular weight excluding hydrogens is 398 g/mol. The molecular formula is C26H31N5O. The van der Waals surface area contributed by atoms with Gasteiger partial charge in [-0.3, -0.25) is 4.90 Å². The smallest absolute Gasteiger partial charge is 0.193 e. The van der Waals surface area contributed by atoms with E-state index in [0.717, 1.165) is 44.2 Å². The van der Waals surface area contributed by atoms with E-state index in [1.807, 2.05) is 24.3 Å². The predicted molar refractivity (Wildman–Crippen MR) is 132 cm³/mol. The van der Waals surface area contributed by atoms with E-state index in [1.165, 1.54) is 16.8 Å². The molecule has 0 aliphatic carbocycles. The highest BCUT2D eigenvalue weighted by Crippen LogP contribution is 2.19. The normalized spacial score (nSPS) is 14.9. The Kier molecular flexibility index (Phi) is 7.25. The standard InChI is InChI=1S/C26H31N5O/c1-32-25-13-11-23(12-14-25)29-26(27)28-19-21-7-5-6-8-22(21)20-30-15-17-31(18-16-30)24-9-3-2-4-10-24/h2-14H,15-20H2,1H3,(H3,27,28,29). The van der Waals surface area contributed by atoms with Gasteiger partial charge in [0, 0.05) is 44.1 Å². The third kappa shape index (κ3) is 5.80. The van der Waals surface area contributed by atoms with Crippen LogP contribution in [0.15, 0.2) is 83.9 Å². The largest absolute Gasteiger partial charge is 0.497 e. The molecule has 3 aromatic carbocycles. The van der Waals surface area contributed by atoms with Crippen molar-refractivity contribution in [1.29, 1.82) is 0 Å². The van der Waals surface area contributed by atoms with Gasteiger partial charge in [-0.15, -0.1) is 0 Å². The minimum Gasteiger partial charge on any atom is -0.497 e. The van der Waals surface area contributed by atoms with Crippen LogP contribution in [0.4, 0.5) is 11.4 Å². The molecule has 32 heavy (non-hydrogen) atoms. The molecule has 3 aromatic rings. The van der Waals surface area contributed by atoms with Crippen molar-refractivity contribution in [2.24, 2.45) is 10.7 Å². The van der Waals surface area contributed by atoms with Crippen molar-refractivity contribution in [2.45, 2.75) is 13.1 Å². The topological polar surface area (TPSA) is 66.1 Å². The monoisotopic (exact) mass is 429 g/mol. The van der Waals surface area contributed by atoms with E-state index in [9.17, 15) is 0 Å². The highest BCUT2D eigenvalue weighted by Gasteiger charge is 2.18. The second kappa shape index (κ2) is 10.7. The molecule has 1 aliphatic heterocycles. The first-order chi connectivity index (χ1) is 15.7. The van der Waals surface area contributed by atoms with Gasteiger partial charge in [-0.1, -0.05) is 42.5 Å². The number of hydrogen-bond acceptors (Lipinski definition) is 4. The number of rotatable bonds is 7. The number of para-hydroxylation sites is 1. The van der Waals surface area contributed by atoms with Crippen LogP contribution in [0.3, 0.4) is 0 Å². The van der Waals surface area contributed by atoms with Crippen LogP contribution in [0.1, 0.15) is 11.1 Å². The number of nitrogens with one attached hydrogen (secondary N) is 1. The zero-order valence-electron chi connectivity index (χ0n) is 18.6. The van der Waals surface area contributed by atoms with Crippen LogP contribution in [0.5, 0.6) is 5.75 Å². The summed E-state index contributed by atoms with van der Waals surface area (Å²) < 4.78 is 5.19. The van der Waals surface area contributed by atoms with E-state index in [-0.39, 0.29) is 0 Å². The molecule has 1 saturated heterocycles. The quantitative estimate of drug-likeness (QED) is 0.440. The summed E-state index contributed by atoms with van der Waals surface area (Å²) in [5.41, 5.74) is 10.8. The first kappa shape index (κ1) is 21.7. The van der Waals surface area contributed by atoms with Gasteiger partial charge in [-0.25, -0.2) is 4.99 Å². The number of benzene rings is 3. The van der Waals surface area contributed by atoms with Crippen molar-refractivity contribution in [3.63, 3.8) is 0 Å². The van der Waals surface area contributed by atoms with Crippen LogP contribution in [0.25, 0.3) is 0 Å². The summed E-state index contributed by atoms with van der Waals surface area (Å²) in [4.78, 5) is 9.53. The van der Waals surface area contributed by atoms with Crippen molar-refractivity contribution < 1.29 is 4.74 Å². The number of nitrogens with zero attached hydrogens (tertiary/aromatic N) is 3. The number of anilines is 2. The first-order valence-corrected chi connectivity index (χ1v) is 11.0. The Balaban J connectivity index is 1.33. The van der Waals surface area contributed by atoms with E-state index in [2.05, 4.69) is 74.7 Å². The molecule has 0 aromatic heterocycles. The zero-order valence-corrected chi connectivity index (χ0v) is 18.6. The van der Waals surface area contributed by atoms with Gasteiger partial charge in [0.2, 0.25) is 0 Å². The fraction of sp³-hybridized carbons (Fsp3) is 0.269. The van der Waals surface area contributed by atoms with Gasteiger partial charge < -0.3 is 20.7 Å². The van der Waals surface area contributed by atoms with Crippen molar-refractivity contribution in [3.05, 3.63) is 90.0 Å². The van der Waals surface area contributed by atoms with Crippen LogP contribution in [0.2, 0.25) is 0 Å². The molecule has 0 saturated carbocycles. The van der Waals surface area contributed by atoms with Crippen LogP contribution < -0.4 is 20.7 Å². The maximum atomic E-state index is 6.12. The lowest BCUT2D eigenvalue weighted by atomic mass is 10.1. The fourth-order valence-electron chi connectivity index (χ4n) is 3.94. The van der Waals surface area contributed by atoms with Crippen molar-refractivity contribution in [1.82, 2.24) is 4.90 Å². The lowest BCUT2D eigenvalue weighted by molar-refractivity contribution is 0.249. The molecule has 6 nitrogen and oxygen atoms in total. The summed E-state index contributed by atoms with van der Waals surface area (Å²) in [6, 6.07) is 26.8. The van der Waals surface area contributed by atoms with Gasteiger partial charge in [0.25, 0.3) is 0 Å². The second-order valence-electron chi connectivity index (χ2n) is 7.92. The molecule has 0 amide bonds. The maximum Gasteiger partial charge on any atom is 0.193 e. The van der Waals surface area contributed by atoms with Gasteiger partial charge >= 0.3 is 0 Å². The summed E-state index contributed by atoms with van der Waals surface area (Å²) >= 11 is 0. The van der Waals surface area contributed by atoms with Crippen molar-refractivity contribution in [3.8, 4) is 5.75 Å². The molecule has 4 rings (SSSR count). The Bertz CT molecular complexity index is 1010. The van der Waals surface area contributed by atoms with Crippen LogP contribution in [-0.4, -0.2) is 44.1 Å². The molecule has 1 fully saturated rings. The number of piperazine rings is 1. The second-order valence-corrected chi connectivity index (χ2v) is 7.92. The summed E-state index contributed by atoms with van der Waals surface area (Å²) in [5.74, 6) is 1.21. The average molecular weight is 430 g/mol. The highest BCUT2D eigenvalue weighted by molar-refractivity contribution is 5.92. The number of aliphatic imine (C=N–C) groups is 1. The van der Waals surface area contributed by atoms with Gasteiger partial charge in [0.15, 0.2) is 5.96 Å². The Morgan fingerprint density at radius 1 is 0.875 bits per heavy atom. The maximum absolute atomic E-state index is 6.12. The number of ether oxygens (including phenoxy) is 1. The minimum atomic E-state index is 0.404. The number of nitrogens with two attached hydrogens (primary N) is 1. The predicted octanol–water partition coefficient (Wildman–Crippen LogP) is 3.94. The summed E-state index contributed by atoms with van der Waals surface area (Å²) in [7, 11) is 1.65. The van der Waals surface area contributed by atoms with Crippen molar-refractivity contribution in [2.75, 3.05) is 43.5 Å². The third-order valence-electron chi connectivity index (χ3n) is 5.79. The van der Waals surface area contributed by atoms with Gasteiger partial charge in [-0.05, 0) is 47.5 Å². The van der Waals surface area contributed by atoms with E-state index in [0.29, 0.717) is 12.5 Å². The van der Waals surface area contributed by atoms with E-state index in [4.69, 9.17) is 10.5 Å². The number of hydrogen-bond donors (Lipinski definition) is 2. The first-order valence-electron chi connectivity index (χ1n) is 11.0. The summed E-state index contributed by atoms with van der Waals surface area (Å²) in [5, 5.41) is 3.14. The SMILES string of the molecule is COc1ccc(NC(N)=NCc2ccccc2CN2CCN(c3ccccc3)CC2)cc1. The molecule has 1 heterocycles. The molecule has 0 unspecified atom stereocenters. The summed E-state index contributed by atoms with van der Waals surface area (Å²) in [6.45, 7) is 5.67. The molecule has 0 bridgehead atoms. The zero-order chi connectivity index (χ0) is 22.2. The average Bonchev–Trinajstić information content (AvgIpc) is 2.85. The Hall–Kier alpha value is -3.51. The fourth-order valence-corrected chi connectivity index (χ4v) is 3.94. The molecule has 166 valence electrons. The van der Waals surface area contributed by atoms with Gasteiger partial charge in [0.1, 0.15) is 5.75 Å². The van der Waals surface area contributed by atoms with Crippen LogP contribution in [0, 0.1) is 0 Å². The molecule has 1 aliphatic rings. The molecule has 0 radical (unpaired) electrons. The van der Waals surface area contributed by atoms with Gasteiger partial charge in [-0.2, -0.15) is 0 Å². The van der Waals surface area contributed by atoms with E-state index >= 15 is 0 Å². The molecule has 6 heteroatoms. The lowest BCUT2D eigenvalue weighted by Gasteiger charge is -2.36. The van der Waals surface area contributed by atoms with E-state index in [1.54, 1.807) is 7.11 Å². The van der Waals surface area contributed by atoms with Gasteiger partial charge in [0.05, 0.1) is 13.7 Å². The van der Waals surface area contributed by atoms with E-state index < -0.39 is 0 Å². The number of methoxy groups -OCH3 is 1. The Labute approximate surface area is 190 Å². The minimum absolute atomic E-state index is 0.404. The van der Waals surface area contributed by atoms with Crippen LogP contribution in [-0.2, 0) is 13.1 Å². The highest BCUT2D eigenvalue weighted by atomic mass is 16.5. The number of guanidine groups is 1. The summed E-state index contributed by atoms with van der Waals surface area (Å²) in [6.07, 6.45) is 0. The molecule has 0 spiro atoms. The Morgan fingerprint density at radius 2 is 1.53 bits per heavy atom. The lowest BCUT2D eigenvalue weighted by Crippen LogP contribution is -2.46. The molecule has 3 N–H and O–H groups in total. The molecule has 0 atom stereocenters. The van der Waals surface area contributed by atoms with Crippen LogP contribution >= 0.6 is 0 Å².